The van der Waals surface area contributed by atoms with Gasteiger partial charge in [0.15, 0.2) is 5.16 Å². The first kappa shape index (κ1) is 11.1. The molecule has 1 aromatic heterocycles. The minimum Gasteiger partial charge on any atom is -0.493 e. The highest BCUT2D eigenvalue weighted by Gasteiger charge is 2.08. The van der Waals surface area contributed by atoms with Crippen LogP contribution in [0.2, 0.25) is 0 Å². The molecule has 0 saturated heterocycles. The summed E-state index contributed by atoms with van der Waals surface area (Å²) < 4.78 is 1.44. The molecule has 0 bridgehead atoms. The van der Waals surface area contributed by atoms with Crippen LogP contribution in [-0.2, 0) is 7.05 Å². The minimum atomic E-state index is -0.233. The first-order valence-corrected chi connectivity index (χ1v) is 5.36. The Morgan fingerprint density at radius 3 is 2.93 bits per heavy atom. The Balaban J connectivity index is 3.02. The van der Waals surface area contributed by atoms with Crippen molar-refractivity contribution < 1.29 is 5.11 Å². The third-order valence-corrected chi connectivity index (χ3v) is 3.27. The minimum absolute atomic E-state index is 0.209. The van der Waals surface area contributed by atoms with Gasteiger partial charge in [0.05, 0.1) is 6.07 Å². The van der Waals surface area contributed by atoms with Crippen LogP contribution in [0.1, 0.15) is 20.3 Å². The van der Waals surface area contributed by atoms with Crippen LogP contribution in [0.3, 0.4) is 0 Å². The van der Waals surface area contributed by atoms with Crippen molar-refractivity contribution in [2.75, 3.05) is 0 Å². The van der Waals surface area contributed by atoms with Gasteiger partial charge in [-0.25, -0.2) is 0 Å². The molecule has 0 spiro atoms. The fraction of sp³-hybridized carbons (Fsp3) is 0.556. The normalized spacial score (nSPS) is 12.8. The van der Waals surface area contributed by atoms with E-state index in [1.165, 1.54) is 16.3 Å². The number of hydrogen-bond donors (Lipinski definition) is 1. The molecule has 1 aromatic rings. The van der Waals surface area contributed by atoms with E-state index in [-0.39, 0.29) is 11.4 Å². The Morgan fingerprint density at radius 1 is 1.71 bits per heavy atom. The summed E-state index contributed by atoms with van der Waals surface area (Å²) in [4.78, 5) is 15.2. The van der Waals surface area contributed by atoms with Gasteiger partial charge < -0.3 is 5.11 Å². The number of rotatable bonds is 3. The van der Waals surface area contributed by atoms with Crippen LogP contribution >= 0.6 is 11.8 Å². The van der Waals surface area contributed by atoms with Gasteiger partial charge in [-0.2, -0.15) is 4.98 Å². The highest BCUT2D eigenvalue weighted by Crippen LogP contribution is 2.22. The van der Waals surface area contributed by atoms with Gasteiger partial charge in [0.25, 0.3) is 5.56 Å². The maximum Gasteiger partial charge on any atom is 0.257 e. The second-order valence-corrected chi connectivity index (χ2v) is 4.54. The molecule has 14 heavy (non-hydrogen) atoms. The lowest BCUT2D eigenvalue weighted by atomic mass is 10.4. The maximum atomic E-state index is 11.3. The standard InChI is InChI=1S/C9H14N2O2S/c1-4-6(2)14-9-10-7(12)5-8(13)11(9)3/h5-6,12H,4H2,1-3H3. The van der Waals surface area contributed by atoms with E-state index in [2.05, 4.69) is 18.8 Å². The lowest BCUT2D eigenvalue weighted by molar-refractivity contribution is 0.437. The van der Waals surface area contributed by atoms with Gasteiger partial charge in [0.1, 0.15) is 0 Å². The molecule has 78 valence electrons. The van der Waals surface area contributed by atoms with Crippen LogP contribution in [-0.4, -0.2) is 19.9 Å². The van der Waals surface area contributed by atoms with Gasteiger partial charge in [-0.1, -0.05) is 25.6 Å². The van der Waals surface area contributed by atoms with Gasteiger partial charge in [-0.3, -0.25) is 9.36 Å². The summed E-state index contributed by atoms with van der Waals surface area (Å²) in [6.07, 6.45) is 0.996. The molecule has 4 nitrogen and oxygen atoms in total. The van der Waals surface area contributed by atoms with Crippen molar-refractivity contribution in [2.45, 2.75) is 30.7 Å². The highest BCUT2D eigenvalue weighted by molar-refractivity contribution is 7.99. The zero-order valence-electron chi connectivity index (χ0n) is 8.52. The summed E-state index contributed by atoms with van der Waals surface area (Å²) >= 11 is 1.49. The molecular weight excluding hydrogens is 200 g/mol. The summed E-state index contributed by atoms with van der Waals surface area (Å²) in [5.74, 6) is -0.209. The summed E-state index contributed by atoms with van der Waals surface area (Å²) in [6, 6.07) is 1.11. The molecule has 1 unspecified atom stereocenters. The van der Waals surface area contributed by atoms with Crippen molar-refractivity contribution in [2.24, 2.45) is 7.05 Å². The highest BCUT2D eigenvalue weighted by atomic mass is 32.2. The average Bonchev–Trinajstić information content (AvgIpc) is 2.13. The molecule has 0 fully saturated rings. The molecule has 5 heteroatoms. The zero-order chi connectivity index (χ0) is 10.7. The SMILES string of the molecule is CCC(C)Sc1nc(O)cc(=O)n1C. The third kappa shape index (κ3) is 2.51. The first-order valence-electron chi connectivity index (χ1n) is 4.48. The van der Waals surface area contributed by atoms with Crippen molar-refractivity contribution in [3.63, 3.8) is 0 Å². The number of thioether (sulfide) groups is 1. The molecule has 1 atom stereocenters. The van der Waals surface area contributed by atoms with Crippen LogP contribution in [0.25, 0.3) is 0 Å². The van der Waals surface area contributed by atoms with Crippen LogP contribution in [0.5, 0.6) is 5.88 Å². The van der Waals surface area contributed by atoms with Crippen LogP contribution in [0, 0.1) is 0 Å². The molecule has 1 heterocycles. The number of aromatic hydroxyl groups is 1. The molecule has 0 radical (unpaired) electrons. The van der Waals surface area contributed by atoms with Crippen molar-refractivity contribution in [1.29, 1.82) is 0 Å². The van der Waals surface area contributed by atoms with E-state index in [4.69, 9.17) is 5.11 Å². The Hall–Kier alpha value is -0.970. The summed E-state index contributed by atoms with van der Waals surface area (Å²) in [6.45, 7) is 4.12. The largest absolute Gasteiger partial charge is 0.493 e. The number of aromatic nitrogens is 2. The molecule has 0 aromatic carbocycles. The average molecular weight is 214 g/mol. The second kappa shape index (κ2) is 4.50. The predicted octanol–water partition coefficient (Wildman–Crippen LogP) is 1.38. The van der Waals surface area contributed by atoms with E-state index in [1.54, 1.807) is 7.05 Å². The van der Waals surface area contributed by atoms with Gasteiger partial charge in [-0.05, 0) is 6.42 Å². The molecular formula is C9H14N2O2S. The summed E-state index contributed by atoms with van der Waals surface area (Å²) in [5.41, 5.74) is -0.233. The van der Waals surface area contributed by atoms with E-state index in [9.17, 15) is 4.79 Å². The van der Waals surface area contributed by atoms with Crippen LogP contribution in [0.4, 0.5) is 0 Å². The van der Waals surface area contributed by atoms with Crippen molar-refractivity contribution in [3.05, 3.63) is 16.4 Å². The Labute approximate surface area is 87.0 Å². The van der Waals surface area contributed by atoms with E-state index < -0.39 is 0 Å². The van der Waals surface area contributed by atoms with Gasteiger partial charge in [0, 0.05) is 12.3 Å². The molecule has 1 N–H and O–H groups in total. The Morgan fingerprint density at radius 2 is 2.36 bits per heavy atom. The summed E-state index contributed by atoms with van der Waals surface area (Å²) in [7, 11) is 1.65. The smallest absolute Gasteiger partial charge is 0.257 e. The van der Waals surface area contributed by atoms with Crippen molar-refractivity contribution >= 4 is 11.8 Å². The fourth-order valence-electron chi connectivity index (χ4n) is 0.875. The molecule has 0 amide bonds. The molecule has 0 aliphatic carbocycles. The zero-order valence-corrected chi connectivity index (χ0v) is 9.34. The van der Waals surface area contributed by atoms with Crippen molar-refractivity contribution in [3.8, 4) is 5.88 Å². The van der Waals surface area contributed by atoms with E-state index in [1.807, 2.05) is 0 Å². The maximum absolute atomic E-state index is 11.3. The van der Waals surface area contributed by atoms with Gasteiger partial charge >= 0.3 is 0 Å². The molecule has 0 aliphatic rings. The summed E-state index contributed by atoms with van der Waals surface area (Å²) in [5, 5.41) is 10.1. The van der Waals surface area contributed by atoms with Crippen LogP contribution in [0.15, 0.2) is 16.0 Å². The van der Waals surface area contributed by atoms with Gasteiger partial charge in [0.2, 0.25) is 5.88 Å². The third-order valence-electron chi connectivity index (χ3n) is 1.96. The number of hydrogen-bond acceptors (Lipinski definition) is 4. The fourth-order valence-corrected chi connectivity index (χ4v) is 1.80. The Kier molecular flexibility index (Phi) is 3.57. The molecule has 0 saturated carbocycles. The lowest BCUT2D eigenvalue weighted by Gasteiger charge is -2.10. The quantitative estimate of drug-likeness (QED) is 0.610. The predicted molar refractivity (Wildman–Crippen MR) is 56.8 cm³/mol. The van der Waals surface area contributed by atoms with E-state index >= 15 is 0 Å². The van der Waals surface area contributed by atoms with E-state index in [0.29, 0.717) is 10.4 Å². The lowest BCUT2D eigenvalue weighted by Crippen LogP contribution is -2.18. The molecule has 1 rings (SSSR count). The van der Waals surface area contributed by atoms with E-state index in [0.717, 1.165) is 12.5 Å². The topological polar surface area (TPSA) is 55.1 Å². The molecule has 0 aliphatic heterocycles. The van der Waals surface area contributed by atoms with Gasteiger partial charge in [-0.15, -0.1) is 0 Å². The first-order chi connectivity index (χ1) is 6.54. The monoisotopic (exact) mass is 214 g/mol. The number of nitrogens with zero attached hydrogens (tertiary/aromatic N) is 2. The van der Waals surface area contributed by atoms with Crippen molar-refractivity contribution in [1.82, 2.24) is 9.55 Å². The van der Waals surface area contributed by atoms with Crippen LogP contribution < -0.4 is 5.56 Å². The Bertz CT molecular complexity index is 376. The second-order valence-electron chi connectivity index (χ2n) is 3.13.